The molecule has 0 amide bonds. The predicted octanol–water partition coefficient (Wildman–Crippen LogP) is 3.90. The number of benzene rings is 1. The number of ketones is 1. The Hall–Kier alpha value is -1.75. The first-order chi connectivity index (χ1) is 8.97. The molecule has 0 unspecified atom stereocenters. The van der Waals surface area contributed by atoms with Gasteiger partial charge in [0.2, 0.25) is 5.78 Å². The third-order valence-electron chi connectivity index (χ3n) is 2.59. The molecule has 2 nitrogen and oxygen atoms in total. The predicted molar refractivity (Wildman–Crippen MR) is 70.0 cm³/mol. The number of carbonyl (C=O) groups excluding carboxylic acids is 1. The van der Waals surface area contributed by atoms with Crippen molar-refractivity contribution in [2.24, 2.45) is 0 Å². The summed E-state index contributed by atoms with van der Waals surface area (Å²) in [6.07, 6.45) is 0. The molecule has 0 radical (unpaired) electrons. The van der Waals surface area contributed by atoms with E-state index in [4.69, 9.17) is 4.74 Å². The van der Waals surface area contributed by atoms with Gasteiger partial charge >= 0.3 is 0 Å². The first-order valence-corrected chi connectivity index (χ1v) is 6.47. The summed E-state index contributed by atoms with van der Waals surface area (Å²) in [6, 6.07) is 4.76. The van der Waals surface area contributed by atoms with E-state index in [1.165, 1.54) is 17.4 Å². The lowest BCUT2D eigenvalue weighted by atomic mass is 10.2. The van der Waals surface area contributed by atoms with Gasteiger partial charge in [-0.1, -0.05) is 0 Å². The Morgan fingerprint density at radius 1 is 1.26 bits per heavy atom. The second kappa shape index (κ2) is 5.48. The molecule has 0 fully saturated rings. The summed E-state index contributed by atoms with van der Waals surface area (Å²) in [7, 11) is 0. The standard InChI is InChI=1S/C14H12F2O2S/c1-8-5-11(9(2)19-8)13(17)7-18-14-4-3-10(15)6-12(14)16/h3-6H,7H2,1-2H3. The zero-order valence-electron chi connectivity index (χ0n) is 10.5. The number of hydrogen-bond acceptors (Lipinski definition) is 3. The van der Waals surface area contributed by atoms with Gasteiger partial charge in [0.15, 0.2) is 18.2 Å². The van der Waals surface area contributed by atoms with Crippen LogP contribution >= 0.6 is 11.3 Å². The van der Waals surface area contributed by atoms with Crippen molar-refractivity contribution >= 4 is 17.1 Å². The molecule has 100 valence electrons. The average Bonchev–Trinajstić information content (AvgIpc) is 2.67. The van der Waals surface area contributed by atoms with E-state index in [1.807, 2.05) is 13.8 Å². The van der Waals surface area contributed by atoms with Crippen LogP contribution in [0.2, 0.25) is 0 Å². The van der Waals surface area contributed by atoms with Gasteiger partial charge in [-0.25, -0.2) is 8.78 Å². The van der Waals surface area contributed by atoms with E-state index >= 15 is 0 Å². The van der Waals surface area contributed by atoms with Crippen molar-refractivity contribution in [1.82, 2.24) is 0 Å². The molecular formula is C14H12F2O2S. The SMILES string of the molecule is Cc1cc(C(=O)COc2ccc(F)cc2F)c(C)s1. The molecule has 1 heterocycles. The number of carbonyl (C=O) groups is 1. The van der Waals surface area contributed by atoms with E-state index in [0.29, 0.717) is 5.56 Å². The molecule has 2 rings (SSSR count). The average molecular weight is 282 g/mol. The van der Waals surface area contributed by atoms with Crippen molar-refractivity contribution in [3.8, 4) is 5.75 Å². The molecule has 0 bridgehead atoms. The maximum absolute atomic E-state index is 13.3. The monoisotopic (exact) mass is 282 g/mol. The van der Waals surface area contributed by atoms with E-state index in [1.54, 1.807) is 6.07 Å². The highest BCUT2D eigenvalue weighted by Gasteiger charge is 2.14. The molecule has 5 heteroatoms. The van der Waals surface area contributed by atoms with E-state index in [9.17, 15) is 13.6 Å². The second-order valence-electron chi connectivity index (χ2n) is 4.11. The summed E-state index contributed by atoms with van der Waals surface area (Å²) in [6.45, 7) is 3.50. The molecular weight excluding hydrogens is 270 g/mol. The maximum Gasteiger partial charge on any atom is 0.201 e. The summed E-state index contributed by atoms with van der Waals surface area (Å²) in [4.78, 5) is 13.9. The molecule has 19 heavy (non-hydrogen) atoms. The Bertz CT molecular complexity index is 620. The van der Waals surface area contributed by atoms with Crippen LogP contribution in [0.1, 0.15) is 20.1 Å². The lowest BCUT2D eigenvalue weighted by molar-refractivity contribution is 0.0918. The van der Waals surface area contributed by atoms with Gasteiger partial charge in [0, 0.05) is 21.4 Å². The van der Waals surface area contributed by atoms with Crippen LogP contribution in [0.3, 0.4) is 0 Å². The highest BCUT2D eigenvalue weighted by molar-refractivity contribution is 7.12. The highest BCUT2D eigenvalue weighted by Crippen LogP contribution is 2.22. The zero-order chi connectivity index (χ0) is 14.0. The van der Waals surface area contributed by atoms with E-state index in [0.717, 1.165) is 21.9 Å². The fourth-order valence-electron chi connectivity index (χ4n) is 1.72. The molecule has 0 spiro atoms. The van der Waals surface area contributed by atoms with Gasteiger partial charge in [-0.3, -0.25) is 4.79 Å². The van der Waals surface area contributed by atoms with Gasteiger partial charge in [-0.2, -0.15) is 0 Å². The lowest BCUT2D eigenvalue weighted by Crippen LogP contribution is -2.12. The molecule has 2 aromatic rings. The largest absolute Gasteiger partial charge is 0.482 e. The second-order valence-corrected chi connectivity index (χ2v) is 5.57. The minimum absolute atomic E-state index is 0.126. The van der Waals surface area contributed by atoms with Gasteiger partial charge < -0.3 is 4.74 Å². The molecule has 0 aliphatic heterocycles. The molecule has 1 aromatic heterocycles. The van der Waals surface area contributed by atoms with E-state index in [-0.39, 0.29) is 18.1 Å². The van der Waals surface area contributed by atoms with Gasteiger partial charge in [0.05, 0.1) is 0 Å². The summed E-state index contributed by atoms with van der Waals surface area (Å²) >= 11 is 1.52. The quantitative estimate of drug-likeness (QED) is 0.795. The van der Waals surface area contributed by atoms with Crippen LogP contribution in [-0.2, 0) is 0 Å². The molecule has 0 saturated heterocycles. The summed E-state index contributed by atoms with van der Waals surface area (Å²) in [5, 5.41) is 0. The number of rotatable bonds is 4. The highest BCUT2D eigenvalue weighted by atomic mass is 32.1. The third kappa shape index (κ3) is 3.17. The lowest BCUT2D eigenvalue weighted by Gasteiger charge is -2.06. The number of thiophene rings is 1. The van der Waals surface area contributed by atoms with Crippen molar-refractivity contribution in [2.45, 2.75) is 13.8 Å². The van der Waals surface area contributed by atoms with Crippen molar-refractivity contribution in [3.63, 3.8) is 0 Å². The molecule has 1 aromatic carbocycles. The Balaban J connectivity index is 2.06. The van der Waals surface area contributed by atoms with Crippen molar-refractivity contribution < 1.29 is 18.3 Å². The van der Waals surface area contributed by atoms with E-state index in [2.05, 4.69) is 0 Å². The molecule has 0 aliphatic carbocycles. The maximum atomic E-state index is 13.3. The Morgan fingerprint density at radius 2 is 2.00 bits per heavy atom. The number of halogens is 2. The van der Waals surface area contributed by atoms with Crippen LogP contribution in [-0.4, -0.2) is 12.4 Å². The van der Waals surface area contributed by atoms with Crippen LogP contribution in [0.15, 0.2) is 24.3 Å². The normalized spacial score (nSPS) is 10.5. The van der Waals surface area contributed by atoms with Gasteiger partial charge in [0.1, 0.15) is 5.82 Å². The van der Waals surface area contributed by atoms with Gasteiger partial charge in [0.25, 0.3) is 0 Å². The number of aryl methyl sites for hydroxylation is 2. The number of Topliss-reactive ketones (excluding diaryl/α,β-unsaturated/α-hetero) is 1. The molecule has 0 aliphatic rings. The Kier molecular flexibility index (Phi) is 3.95. The molecule has 0 atom stereocenters. The topological polar surface area (TPSA) is 26.3 Å². The van der Waals surface area contributed by atoms with Crippen LogP contribution < -0.4 is 4.74 Å². The first-order valence-electron chi connectivity index (χ1n) is 5.65. The first kappa shape index (κ1) is 13.7. The van der Waals surface area contributed by atoms with Crippen molar-refractivity contribution in [1.29, 1.82) is 0 Å². The van der Waals surface area contributed by atoms with Crippen molar-refractivity contribution in [3.05, 3.63) is 51.2 Å². The molecule has 0 N–H and O–H groups in total. The summed E-state index contributed by atoms with van der Waals surface area (Å²) < 4.78 is 31.1. The van der Waals surface area contributed by atoms with Crippen molar-refractivity contribution in [2.75, 3.05) is 6.61 Å². The Labute approximate surface area is 113 Å². The van der Waals surface area contributed by atoms with Crippen LogP contribution in [0.25, 0.3) is 0 Å². The smallest absolute Gasteiger partial charge is 0.201 e. The molecule has 0 saturated carbocycles. The minimum atomic E-state index is -0.814. The fraction of sp³-hybridized carbons (Fsp3) is 0.214. The van der Waals surface area contributed by atoms with Crippen LogP contribution in [0.4, 0.5) is 8.78 Å². The van der Waals surface area contributed by atoms with Crippen LogP contribution in [0, 0.1) is 25.5 Å². The fourth-order valence-corrected chi connectivity index (χ4v) is 2.66. The number of hydrogen-bond donors (Lipinski definition) is 0. The Morgan fingerprint density at radius 3 is 2.58 bits per heavy atom. The van der Waals surface area contributed by atoms with Gasteiger partial charge in [-0.05, 0) is 32.0 Å². The van der Waals surface area contributed by atoms with Crippen LogP contribution in [0.5, 0.6) is 5.75 Å². The number of ether oxygens (including phenoxy) is 1. The summed E-state index contributed by atoms with van der Waals surface area (Å²) in [5.74, 6) is -1.84. The minimum Gasteiger partial charge on any atom is -0.482 e. The third-order valence-corrected chi connectivity index (χ3v) is 3.56. The zero-order valence-corrected chi connectivity index (χ0v) is 11.3. The van der Waals surface area contributed by atoms with Gasteiger partial charge in [-0.15, -0.1) is 11.3 Å². The van der Waals surface area contributed by atoms with E-state index < -0.39 is 11.6 Å². The summed E-state index contributed by atoms with van der Waals surface area (Å²) in [5.41, 5.74) is 0.588.